The van der Waals surface area contributed by atoms with Crippen LogP contribution in [0.25, 0.3) is 0 Å². The quantitative estimate of drug-likeness (QED) is 0.219. The van der Waals surface area contributed by atoms with Gasteiger partial charge in [0.1, 0.15) is 12.4 Å². The van der Waals surface area contributed by atoms with Crippen LogP contribution in [0.4, 0.5) is 5.69 Å². The standard InChI is InChI=1S/C15H22BrNO5Si/c1-15(2,3)23(4,5)22-7-6-21-14-9-13(17(19)20)11(10-18)8-12(14)16/h8-10H,6-7H2,1-5H3. The highest BCUT2D eigenvalue weighted by Gasteiger charge is 2.36. The Labute approximate surface area is 145 Å². The first-order chi connectivity index (χ1) is 10.5. The number of hydrogen-bond donors (Lipinski definition) is 0. The van der Waals surface area contributed by atoms with E-state index in [0.29, 0.717) is 23.1 Å². The van der Waals surface area contributed by atoms with Crippen molar-refractivity contribution in [3.63, 3.8) is 0 Å². The van der Waals surface area contributed by atoms with Crippen LogP contribution in [-0.2, 0) is 4.43 Å². The molecule has 128 valence electrons. The minimum Gasteiger partial charge on any atom is -0.490 e. The first-order valence-electron chi connectivity index (χ1n) is 7.19. The third-order valence-corrected chi connectivity index (χ3v) is 9.17. The van der Waals surface area contributed by atoms with Crippen LogP contribution < -0.4 is 4.74 Å². The maximum atomic E-state index is 11.0. The van der Waals surface area contributed by atoms with Gasteiger partial charge in [-0.15, -0.1) is 0 Å². The van der Waals surface area contributed by atoms with Crippen LogP contribution in [0.5, 0.6) is 5.75 Å². The number of nitro benzene ring substituents is 1. The van der Waals surface area contributed by atoms with Crippen molar-refractivity contribution in [2.24, 2.45) is 0 Å². The van der Waals surface area contributed by atoms with Crippen molar-refractivity contribution in [1.82, 2.24) is 0 Å². The lowest BCUT2D eigenvalue weighted by atomic mass is 10.2. The van der Waals surface area contributed by atoms with Crippen molar-refractivity contribution in [2.75, 3.05) is 13.2 Å². The molecule has 0 heterocycles. The molecule has 1 rings (SSSR count). The molecule has 0 spiro atoms. The highest BCUT2D eigenvalue weighted by atomic mass is 79.9. The molecule has 1 aromatic rings. The Kier molecular flexibility index (Phi) is 6.49. The number of nitrogens with zero attached hydrogens (tertiary/aromatic N) is 1. The number of benzene rings is 1. The van der Waals surface area contributed by atoms with Crippen LogP contribution >= 0.6 is 15.9 Å². The van der Waals surface area contributed by atoms with Gasteiger partial charge >= 0.3 is 0 Å². The summed E-state index contributed by atoms with van der Waals surface area (Å²) >= 11 is 3.26. The summed E-state index contributed by atoms with van der Waals surface area (Å²) in [5.41, 5.74) is -0.268. The predicted octanol–water partition coefficient (Wildman–Crippen LogP) is 4.57. The van der Waals surface area contributed by atoms with E-state index in [1.807, 2.05) is 0 Å². The number of rotatable bonds is 7. The molecular formula is C15H22BrNO5Si. The zero-order valence-electron chi connectivity index (χ0n) is 14.0. The highest BCUT2D eigenvalue weighted by molar-refractivity contribution is 9.10. The Hall–Kier alpha value is -1.25. The molecule has 0 unspecified atom stereocenters. The van der Waals surface area contributed by atoms with Gasteiger partial charge in [0.05, 0.1) is 27.6 Å². The summed E-state index contributed by atoms with van der Waals surface area (Å²) < 4.78 is 12.0. The summed E-state index contributed by atoms with van der Waals surface area (Å²) in [4.78, 5) is 21.2. The number of hydrogen-bond acceptors (Lipinski definition) is 5. The van der Waals surface area contributed by atoms with E-state index in [0.717, 1.165) is 0 Å². The number of ether oxygens (including phenoxy) is 1. The lowest BCUT2D eigenvalue weighted by Gasteiger charge is -2.36. The molecule has 0 N–H and O–H groups in total. The third-order valence-electron chi connectivity index (χ3n) is 4.01. The van der Waals surface area contributed by atoms with Gasteiger partial charge in [-0.2, -0.15) is 0 Å². The molecule has 0 bridgehead atoms. The Bertz CT molecular complexity index is 598. The summed E-state index contributed by atoms with van der Waals surface area (Å²) in [6.07, 6.45) is 0.452. The van der Waals surface area contributed by atoms with E-state index < -0.39 is 13.2 Å². The number of carbonyl (C=O) groups excluding carboxylic acids is 1. The smallest absolute Gasteiger partial charge is 0.283 e. The molecular weight excluding hydrogens is 382 g/mol. The molecule has 0 aliphatic rings. The molecule has 0 aromatic heterocycles. The number of carbonyl (C=O) groups is 1. The second kappa shape index (κ2) is 7.54. The van der Waals surface area contributed by atoms with Crippen molar-refractivity contribution in [3.05, 3.63) is 32.3 Å². The molecule has 0 saturated heterocycles. The van der Waals surface area contributed by atoms with E-state index >= 15 is 0 Å². The van der Waals surface area contributed by atoms with Gasteiger partial charge in [0, 0.05) is 0 Å². The van der Waals surface area contributed by atoms with Crippen LogP contribution in [-0.4, -0.2) is 32.7 Å². The molecule has 0 radical (unpaired) electrons. The van der Waals surface area contributed by atoms with E-state index in [9.17, 15) is 14.9 Å². The van der Waals surface area contributed by atoms with Crippen LogP contribution in [0, 0.1) is 10.1 Å². The summed E-state index contributed by atoms with van der Waals surface area (Å²) in [7, 11) is -1.85. The second-order valence-corrected chi connectivity index (χ2v) is 12.3. The van der Waals surface area contributed by atoms with E-state index in [2.05, 4.69) is 49.8 Å². The van der Waals surface area contributed by atoms with Gasteiger partial charge in [-0.1, -0.05) is 20.8 Å². The van der Waals surface area contributed by atoms with E-state index in [-0.39, 0.29) is 22.9 Å². The first kappa shape index (κ1) is 19.8. The van der Waals surface area contributed by atoms with Crippen molar-refractivity contribution in [2.45, 2.75) is 38.9 Å². The fourth-order valence-corrected chi connectivity index (χ4v) is 3.09. The Morgan fingerprint density at radius 3 is 2.39 bits per heavy atom. The normalized spacial score (nSPS) is 12.1. The molecule has 0 amide bonds. The van der Waals surface area contributed by atoms with Crippen molar-refractivity contribution in [1.29, 1.82) is 0 Å². The summed E-state index contributed by atoms with van der Waals surface area (Å²) in [6, 6.07) is 2.63. The highest BCUT2D eigenvalue weighted by Crippen LogP contribution is 2.36. The molecule has 8 heteroatoms. The maximum absolute atomic E-state index is 11.0. The van der Waals surface area contributed by atoms with Gasteiger partial charge in [-0.05, 0) is 40.1 Å². The van der Waals surface area contributed by atoms with Gasteiger partial charge in [0.25, 0.3) is 5.69 Å². The van der Waals surface area contributed by atoms with Crippen LogP contribution in [0.2, 0.25) is 18.1 Å². The minimum atomic E-state index is -1.85. The molecule has 0 aliphatic heterocycles. The molecule has 1 aromatic carbocycles. The first-order valence-corrected chi connectivity index (χ1v) is 10.9. The zero-order chi connectivity index (χ0) is 17.8. The van der Waals surface area contributed by atoms with Crippen LogP contribution in [0.3, 0.4) is 0 Å². The lowest BCUT2D eigenvalue weighted by molar-refractivity contribution is -0.385. The summed E-state index contributed by atoms with van der Waals surface area (Å²) in [6.45, 7) is 11.4. The summed E-state index contributed by atoms with van der Waals surface area (Å²) in [5, 5.41) is 11.1. The van der Waals surface area contributed by atoms with Gasteiger partial charge in [-0.3, -0.25) is 14.9 Å². The van der Waals surface area contributed by atoms with Gasteiger partial charge in [0.2, 0.25) is 0 Å². The lowest BCUT2D eigenvalue weighted by Crippen LogP contribution is -2.41. The van der Waals surface area contributed by atoms with E-state index in [1.54, 1.807) is 0 Å². The van der Waals surface area contributed by atoms with Crippen molar-refractivity contribution < 1.29 is 18.9 Å². The molecule has 23 heavy (non-hydrogen) atoms. The monoisotopic (exact) mass is 403 g/mol. The topological polar surface area (TPSA) is 78.7 Å². The number of nitro groups is 1. The fourth-order valence-electron chi connectivity index (χ4n) is 1.59. The minimum absolute atomic E-state index is 0.00625. The Morgan fingerprint density at radius 1 is 1.30 bits per heavy atom. The summed E-state index contributed by atoms with van der Waals surface area (Å²) in [5.74, 6) is 0.320. The third kappa shape index (κ3) is 5.12. The van der Waals surface area contributed by atoms with Gasteiger partial charge in [-0.25, -0.2) is 0 Å². The molecule has 0 atom stereocenters. The van der Waals surface area contributed by atoms with Gasteiger partial charge in [0.15, 0.2) is 14.6 Å². The maximum Gasteiger partial charge on any atom is 0.283 e. The second-order valence-electron chi connectivity index (χ2n) is 6.67. The zero-order valence-corrected chi connectivity index (χ0v) is 16.6. The van der Waals surface area contributed by atoms with Crippen molar-refractivity contribution in [3.8, 4) is 5.75 Å². The fraction of sp³-hybridized carbons (Fsp3) is 0.533. The molecule has 0 saturated carbocycles. The Balaban J connectivity index is 2.74. The number of halogens is 1. The van der Waals surface area contributed by atoms with Crippen molar-refractivity contribution >= 4 is 36.2 Å². The average molecular weight is 404 g/mol. The largest absolute Gasteiger partial charge is 0.490 e. The SMILES string of the molecule is CC(C)(C)[Si](C)(C)OCCOc1cc([N+](=O)[O-])c(C=O)cc1Br. The molecule has 0 aliphatic carbocycles. The molecule has 6 nitrogen and oxygen atoms in total. The average Bonchev–Trinajstić information content (AvgIpc) is 2.42. The van der Waals surface area contributed by atoms with E-state index in [1.165, 1.54) is 12.1 Å². The number of aldehydes is 1. The predicted molar refractivity (Wildman–Crippen MR) is 94.8 cm³/mol. The molecule has 0 fully saturated rings. The van der Waals surface area contributed by atoms with Crippen LogP contribution in [0.1, 0.15) is 31.1 Å². The van der Waals surface area contributed by atoms with E-state index in [4.69, 9.17) is 9.16 Å². The Morgan fingerprint density at radius 2 is 1.91 bits per heavy atom. The van der Waals surface area contributed by atoms with Gasteiger partial charge < -0.3 is 9.16 Å². The van der Waals surface area contributed by atoms with Crippen LogP contribution in [0.15, 0.2) is 16.6 Å².